The molecular formula is C17H27N3. The van der Waals surface area contributed by atoms with E-state index in [1.807, 2.05) is 0 Å². The van der Waals surface area contributed by atoms with Crippen molar-refractivity contribution in [2.45, 2.75) is 31.8 Å². The molecule has 0 radical (unpaired) electrons. The van der Waals surface area contributed by atoms with E-state index < -0.39 is 0 Å². The van der Waals surface area contributed by atoms with Gasteiger partial charge in [0.2, 0.25) is 0 Å². The highest BCUT2D eigenvalue weighted by Gasteiger charge is 2.32. The highest BCUT2D eigenvalue weighted by molar-refractivity contribution is 5.20. The van der Waals surface area contributed by atoms with Crippen molar-refractivity contribution in [3.8, 4) is 0 Å². The summed E-state index contributed by atoms with van der Waals surface area (Å²) in [5.74, 6) is 0. The predicted octanol–water partition coefficient (Wildman–Crippen LogP) is 2.12. The van der Waals surface area contributed by atoms with Gasteiger partial charge in [0.1, 0.15) is 0 Å². The summed E-state index contributed by atoms with van der Waals surface area (Å²) >= 11 is 0. The van der Waals surface area contributed by atoms with Gasteiger partial charge in [0.05, 0.1) is 0 Å². The van der Waals surface area contributed by atoms with Crippen LogP contribution in [0.4, 0.5) is 0 Å². The van der Waals surface area contributed by atoms with Crippen molar-refractivity contribution in [2.24, 2.45) is 0 Å². The molecular weight excluding hydrogens is 246 g/mol. The van der Waals surface area contributed by atoms with E-state index in [0.29, 0.717) is 6.04 Å². The minimum atomic E-state index is 0.548. The van der Waals surface area contributed by atoms with Crippen LogP contribution in [0, 0.1) is 0 Å². The van der Waals surface area contributed by atoms with Crippen molar-refractivity contribution in [1.82, 2.24) is 15.1 Å². The molecule has 20 heavy (non-hydrogen) atoms. The maximum atomic E-state index is 3.57. The van der Waals surface area contributed by atoms with E-state index in [-0.39, 0.29) is 0 Å². The Labute approximate surface area is 123 Å². The number of nitrogens with zero attached hydrogens (tertiary/aromatic N) is 2. The molecule has 0 saturated carbocycles. The van der Waals surface area contributed by atoms with Crippen LogP contribution in [0.5, 0.6) is 0 Å². The topological polar surface area (TPSA) is 18.5 Å². The van der Waals surface area contributed by atoms with Crippen molar-refractivity contribution in [3.05, 3.63) is 35.9 Å². The van der Waals surface area contributed by atoms with Crippen LogP contribution in [-0.4, -0.2) is 55.1 Å². The fraction of sp³-hybridized carbons (Fsp3) is 0.647. The first-order valence-electron chi connectivity index (χ1n) is 8.12. The van der Waals surface area contributed by atoms with Crippen LogP contribution < -0.4 is 5.32 Å². The number of nitrogens with one attached hydrogen (secondary N) is 1. The molecule has 2 aliphatic rings. The lowest BCUT2D eigenvalue weighted by atomic mass is 9.97. The lowest BCUT2D eigenvalue weighted by Gasteiger charge is -2.45. The number of likely N-dealkylation sites (N-methyl/N-ethyl adjacent to an activating group) is 1. The zero-order chi connectivity index (χ0) is 13.8. The first kappa shape index (κ1) is 14.1. The monoisotopic (exact) mass is 273 g/mol. The molecule has 2 atom stereocenters. The van der Waals surface area contributed by atoms with Crippen LogP contribution in [0.1, 0.15) is 31.4 Å². The van der Waals surface area contributed by atoms with Crippen molar-refractivity contribution in [2.75, 3.05) is 39.3 Å². The Morgan fingerprint density at radius 2 is 2.05 bits per heavy atom. The number of hydrogen-bond acceptors (Lipinski definition) is 3. The molecule has 1 aromatic rings. The molecule has 0 amide bonds. The molecule has 2 heterocycles. The second-order valence-corrected chi connectivity index (χ2v) is 6.06. The Balaban J connectivity index is 1.75. The van der Waals surface area contributed by atoms with Crippen molar-refractivity contribution in [1.29, 1.82) is 0 Å². The number of piperazine rings is 1. The molecule has 0 aliphatic carbocycles. The van der Waals surface area contributed by atoms with Crippen LogP contribution in [0.25, 0.3) is 0 Å². The average Bonchev–Trinajstić information content (AvgIpc) is 2.56. The third kappa shape index (κ3) is 3.05. The molecule has 110 valence electrons. The van der Waals surface area contributed by atoms with E-state index in [2.05, 4.69) is 52.4 Å². The SMILES string of the molecule is CCN1CCCC(N2CCNCC2c2ccccc2)C1. The van der Waals surface area contributed by atoms with Gasteiger partial charge in [0, 0.05) is 38.3 Å². The maximum Gasteiger partial charge on any atom is 0.0476 e. The fourth-order valence-electron chi connectivity index (χ4n) is 3.73. The molecule has 3 nitrogen and oxygen atoms in total. The van der Waals surface area contributed by atoms with E-state index in [0.717, 1.165) is 19.1 Å². The normalized spacial score (nSPS) is 29.4. The third-order valence-electron chi connectivity index (χ3n) is 4.87. The van der Waals surface area contributed by atoms with Gasteiger partial charge in [-0.1, -0.05) is 37.3 Å². The number of benzene rings is 1. The molecule has 3 rings (SSSR count). The minimum Gasteiger partial charge on any atom is -0.314 e. The van der Waals surface area contributed by atoms with Crippen molar-refractivity contribution >= 4 is 0 Å². The molecule has 2 saturated heterocycles. The van der Waals surface area contributed by atoms with Crippen LogP contribution in [0.3, 0.4) is 0 Å². The Bertz CT molecular complexity index is 406. The zero-order valence-electron chi connectivity index (χ0n) is 12.6. The Kier molecular flexibility index (Phi) is 4.71. The molecule has 2 fully saturated rings. The van der Waals surface area contributed by atoms with Gasteiger partial charge in [-0.3, -0.25) is 4.90 Å². The van der Waals surface area contributed by atoms with Crippen molar-refractivity contribution in [3.63, 3.8) is 0 Å². The molecule has 0 bridgehead atoms. The largest absolute Gasteiger partial charge is 0.314 e. The predicted molar refractivity (Wildman–Crippen MR) is 83.9 cm³/mol. The Morgan fingerprint density at radius 3 is 2.85 bits per heavy atom. The van der Waals surface area contributed by atoms with Crippen LogP contribution in [-0.2, 0) is 0 Å². The van der Waals surface area contributed by atoms with Gasteiger partial charge in [-0.25, -0.2) is 0 Å². The molecule has 2 unspecified atom stereocenters. The highest BCUT2D eigenvalue weighted by Crippen LogP contribution is 2.27. The zero-order valence-corrected chi connectivity index (χ0v) is 12.6. The van der Waals surface area contributed by atoms with Gasteiger partial charge >= 0.3 is 0 Å². The van der Waals surface area contributed by atoms with Crippen LogP contribution in [0.2, 0.25) is 0 Å². The Hall–Kier alpha value is -0.900. The molecule has 0 spiro atoms. The van der Waals surface area contributed by atoms with E-state index in [4.69, 9.17) is 0 Å². The Morgan fingerprint density at radius 1 is 1.20 bits per heavy atom. The smallest absolute Gasteiger partial charge is 0.0476 e. The van der Waals surface area contributed by atoms with Gasteiger partial charge in [-0.2, -0.15) is 0 Å². The summed E-state index contributed by atoms with van der Waals surface area (Å²) in [6.45, 7) is 9.42. The second kappa shape index (κ2) is 6.70. The molecule has 2 aliphatic heterocycles. The standard InChI is InChI=1S/C17H27N3/c1-2-19-11-6-9-16(14-19)20-12-10-18-13-17(20)15-7-4-3-5-8-15/h3-5,7-8,16-18H,2,6,9-14H2,1H3. The minimum absolute atomic E-state index is 0.548. The molecule has 0 aromatic heterocycles. The lowest BCUT2D eigenvalue weighted by Crippen LogP contribution is -2.55. The van der Waals surface area contributed by atoms with Gasteiger partial charge < -0.3 is 10.2 Å². The number of hydrogen-bond donors (Lipinski definition) is 1. The van der Waals surface area contributed by atoms with Gasteiger partial charge in [-0.05, 0) is 31.5 Å². The molecule has 1 aromatic carbocycles. The number of rotatable bonds is 3. The number of piperidine rings is 1. The molecule has 3 heteroatoms. The second-order valence-electron chi connectivity index (χ2n) is 6.06. The summed E-state index contributed by atoms with van der Waals surface area (Å²) in [7, 11) is 0. The lowest BCUT2D eigenvalue weighted by molar-refractivity contribution is 0.0511. The maximum absolute atomic E-state index is 3.57. The quantitative estimate of drug-likeness (QED) is 0.910. The van der Waals surface area contributed by atoms with Gasteiger partial charge in [0.25, 0.3) is 0 Å². The summed E-state index contributed by atoms with van der Waals surface area (Å²) in [6.07, 6.45) is 2.71. The van der Waals surface area contributed by atoms with E-state index in [1.165, 1.54) is 44.6 Å². The van der Waals surface area contributed by atoms with E-state index >= 15 is 0 Å². The third-order valence-corrected chi connectivity index (χ3v) is 4.87. The fourth-order valence-corrected chi connectivity index (χ4v) is 3.73. The first-order chi connectivity index (χ1) is 9.88. The molecule has 1 N–H and O–H groups in total. The summed E-state index contributed by atoms with van der Waals surface area (Å²) in [5.41, 5.74) is 1.47. The summed E-state index contributed by atoms with van der Waals surface area (Å²) in [4.78, 5) is 5.37. The van der Waals surface area contributed by atoms with Crippen LogP contribution >= 0.6 is 0 Å². The van der Waals surface area contributed by atoms with Crippen molar-refractivity contribution < 1.29 is 0 Å². The summed E-state index contributed by atoms with van der Waals surface area (Å²) < 4.78 is 0. The number of likely N-dealkylation sites (tertiary alicyclic amines) is 1. The average molecular weight is 273 g/mol. The summed E-state index contributed by atoms with van der Waals surface area (Å²) in [5, 5.41) is 3.57. The summed E-state index contributed by atoms with van der Waals surface area (Å²) in [6, 6.07) is 12.3. The van der Waals surface area contributed by atoms with Gasteiger partial charge in [-0.15, -0.1) is 0 Å². The van der Waals surface area contributed by atoms with E-state index in [1.54, 1.807) is 0 Å². The highest BCUT2D eigenvalue weighted by atomic mass is 15.3. The van der Waals surface area contributed by atoms with Crippen LogP contribution in [0.15, 0.2) is 30.3 Å². The first-order valence-corrected chi connectivity index (χ1v) is 8.12. The van der Waals surface area contributed by atoms with Gasteiger partial charge in [0.15, 0.2) is 0 Å². The van der Waals surface area contributed by atoms with E-state index in [9.17, 15) is 0 Å².